The zero-order valence-electron chi connectivity index (χ0n) is 14.1. The minimum absolute atomic E-state index is 0.0211. The van der Waals surface area contributed by atoms with Crippen LogP contribution in [0.3, 0.4) is 0 Å². The molecule has 0 aromatic heterocycles. The number of aromatic hydroxyl groups is 1. The van der Waals surface area contributed by atoms with Crippen LogP contribution in [0.1, 0.15) is 39.6 Å². The molecule has 4 rings (SSSR count). The van der Waals surface area contributed by atoms with Crippen molar-refractivity contribution in [3.8, 4) is 11.5 Å². The molecule has 0 saturated heterocycles. The molecule has 1 atom stereocenters. The summed E-state index contributed by atoms with van der Waals surface area (Å²) in [6, 6.07) is 22.6. The van der Waals surface area contributed by atoms with Crippen LogP contribution in [-0.2, 0) is 0 Å². The number of hydrogen-bond donors (Lipinski definition) is 1. The van der Waals surface area contributed by atoms with Gasteiger partial charge in [-0.1, -0.05) is 72.8 Å². The topological polar surface area (TPSA) is 46.5 Å². The second-order valence-corrected chi connectivity index (χ2v) is 6.30. The Kier molecular flexibility index (Phi) is 4.28. The molecule has 3 aromatic carbocycles. The highest BCUT2D eigenvalue weighted by Crippen LogP contribution is 2.39. The maximum atomic E-state index is 12.8. The Bertz CT molecular complexity index is 960. The van der Waals surface area contributed by atoms with Gasteiger partial charge in [-0.15, -0.1) is 0 Å². The van der Waals surface area contributed by atoms with Crippen molar-refractivity contribution >= 4 is 17.9 Å². The first-order valence-electron chi connectivity index (χ1n) is 8.55. The van der Waals surface area contributed by atoms with Gasteiger partial charge in [-0.05, 0) is 22.8 Å². The maximum absolute atomic E-state index is 12.8. The number of rotatable bonds is 3. The molecule has 0 saturated carbocycles. The van der Waals surface area contributed by atoms with Gasteiger partial charge in [0.1, 0.15) is 17.6 Å². The van der Waals surface area contributed by atoms with E-state index in [2.05, 4.69) is 0 Å². The predicted octanol–water partition coefficient (Wildman–Crippen LogP) is 5.27. The summed E-state index contributed by atoms with van der Waals surface area (Å²) in [5.41, 5.74) is 3.18. The first kappa shape index (κ1) is 16.2. The summed E-state index contributed by atoms with van der Waals surface area (Å²) in [6.45, 7) is 0. The summed E-state index contributed by atoms with van der Waals surface area (Å²) < 4.78 is 6.05. The van der Waals surface area contributed by atoms with Crippen molar-refractivity contribution in [1.29, 1.82) is 0 Å². The standard InChI is InChI=1S/C23H18O3/c24-19-13-18(12-11-16-7-3-1-4-8-16)23-20(25)15-21(26-22(23)14-19)17-9-5-2-6-10-17/h1-14,21,24H,15H2/t21-/m0/s1. The van der Waals surface area contributed by atoms with Crippen LogP contribution in [0.2, 0.25) is 0 Å². The highest BCUT2D eigenvalue weighted by atomic mass is 16.5. The minimum atomic E-state index is -0.330. The van der Waals surface area contributed by atoms with Crippen molar-refractivity contribution in [2.45, 2.75) is 12.5 Å². The van der Waals surface area contributed by atoms with Crippen LogP contribution in [0, 0.1) is 0 Å². The lowest BCUT2D eigenvalue weighted by Gasteiger charge is -2.26. The molecule has 0 amide bonds. The van der Waals surface area contributed by atoms with Gasteiger partial charge in [0.15, 0.2) is 5.78 Å². The van der Waals surface area contributed by atoms with Gasteiger partial charge in [-0.2, -0.15) is 0 Å². The van der Waals surface area contributed by atoms with E-state index < -0.39 is 0 Å². The lowest BCUT2D eigenvalue weighted by molar-refractivity contribution is 0.0849. The third-order valence-corrected chi connectivity index (χ3v) is 4.46. The molecule has 26 heavy (non-hydrogen) atoms. The van der Waals surface area contributed by atoms with E-state index in [0.29, 0.717) is 16.9 Å². The molecule has 3 heteroatoms. The summed E-state index contributed by atoms with van der Waals surface area (Å²) in [5, 5.41) is 10.1. The van der Waals surface area contributed by atoms with Crippen LogP contribution < -0.4 is 4.74 Å². The number of phenolic OH excluding ortho intramolecular Hbond substituents is 1. The second kappa shape index (κ2) is 6.89. The molecule has 1 N–H and O–H groups in total. The normalized spacial score (nSPS) is 16.3. The van der Waals surface area contributed by atoms with Crippen molar-refractivity contribution < 1.29 is 14.6 Å². The number of fused-ring (bicyclic) bond motifs is 1. The Morgan fingerprint density at radius 3 is 2.35 bits per heavy atom. The monoisotopic (exact) mass is 342 g/mol. The van der Waals surface area contributed by atoms with Gasteiger partial charge >= 0.3 is 0 Å². The molecule has 0 bridgehead atoms. The van der Waals surface area contributed by atoms with Crippen molar-refractivity contribution in [1.82, 2.24) is 0 Å². The van der Waals surface area contributed by atoms with E-state index in [9.17, 15) is 9.90 Å². The van der Waals surface area contributed by atoms with Gasteiger partial charge in [0.05, 0.1) is 12.0 Å². The molecular weight excluding hydrogens is 324 g/mol. The third-order valence-electron chi connectivity index (χ3n) is 4.46. The van der Waals surface area contributed by atoms with Crippen molar-refractivity contribution in [2.24, 2.45) is 0 Å². The maximum Gasteiger partial charge on any atom is 0.171 e. The molecule has 0 unspecified atom stereocenters. The summed E-state index contributed by atoms with van der Waals surface area (Å²) in [6.07, 6.45) is 3.72. The molecule has 1 aliphatic rings. The van der Waals surface area contributed by atoms with Crippen molar-refractivity contribution in [3.63, 3.8) is 0 Å². The number of Topliss-reactive ketones (excluding diaryl/α,β-unsaturated/α-hetero) is 1. The number of hydrogen-bond acceptors (Lipinski definition) is 3. The van der Waals surface area contributed by atoms with Gasteiger partial charge in [0.2, 0.25) is 0 Å². The molecule has 1 heterocycles. The number of benzene rings is 3. The molecule has 0 spiro atoms. The predicted molar refractivity (Wildman–Crippen MR) is 102 cm³/mol. The van der Waals surface area contributed by atoms with Gasteiger partial charge in [-0.3, -0.25) is 4.79 Å². The van der Waals surface area contributed by atoms with Gasteiger partial charge in [-0.25, -0.2) is 0 Å². The second-order valence-electron chi connectivity index (χ2n) is 6.30. The van der Waals surface area contributed by atoms with E-state index in [1.807, 2.05) is 72.8 Å². The number of ketones is 1. The fourth-order valence-electron chi connectivity index (χ4n) is 3.21. The Morgan fingerprint density at radius 1 is 0.923 bits per heavy atom. The average Bonchev–Trinajstić information content (AvgIpc) is 2.67. The Hall–Kier alpha value is -3.33. The molecule has 3 nitrogen and oxygen atoms in total. The fourth-order valence-corrected chi connectivity index (χ4v) is 3.21. The van der Waals surface area contributed by atoms with Crippen LogP contribution in [-0.4, -0.2) is 10.9 Å². The Morgan fingerprint density at radius 2 is 1.62 bits per heavy atom. The summed E-state index contributed by atoms with van der Waals surface area (Å²) in [5.74, 6) is 0.536. The average molecular weight is 342 g/mol. The summed E-state index contributed by atoms with van der Waals surface area (Å²) >= 11 is 0. The smallest absolute Gasteiger partial charge is 0.171 e. The molecule has 0 aliphatic carbocycles. The van der Waals surface area contributed by atoms with Crippen molar-refractivity contribution in [3.05, 3.63) is 95.1 Å². The fraction of sp³-hybridized carbons (Fsp3) is 0.0870. The zero-order chi connectivity index (χ0) is 17.9. The molecule has 3 aromatic rings. The minimum Gasteiger partial charge on any atom is -0.508 e. The molecule has 0 radical (unpaired) electrons. The van der Waals surface area contributed by atoms with Gasteiger partial charge in [0, 0.05) is 6.07 Å². The number of phenols is 1. The lowest BCUT2D eigenvalue weighted by atomic mass is 9.92. The molecule has 0 fully saturated rings. The lowest BCUT2D eigenvalue weighted by Crippen LogP contribution is -2.21. The summed E-state index contributed by atoms with van der Waals surface area (Å²) in [7, 11) is 0. The molecule has 128 valence electrons. The largest absolute Gasteiger partial charge is 0.508 e. The molecular formula is C23H18O3. The quantitative estimate of drug-likeness (QED) is 0.660. The highest BCUT2D eigenvalue weighted by molar-refractivity contribution is 6.04. The van der Waals surface area contributed by atoms with Crippen LogP contribution >= 0.6 is 0 Å². The first-order chi connectivity index (χ1) is 12.7. The third kappa shape index (κ3) is 3.24. The zero-order valence-corrected chi connectivity index (χ0v) is 14.1. The SMILES string of the molecule is O=C1C[C@@H](c2ccccc2)Oc2cc(O)cc(C=Cc3ccccc3)c21. The highest BCUT2D eigenvalue weighted by Gasteiger charge is 2.29. The Labute approximate surface area is 152 Å². The van der Waals surface area contributed by atoms with Crippen LogP contribution in [0.5, 0.6) is 11.5 Å². The number of carbonyl (C=O) groups is 1. The van der Waals surface area contributed by atoms with E-state index in [1.165, 1.54) is 6.07 Å². The van der Waals surface area contributed by atoms with E-state index in [4.69, 9.17) is 4.74 Å². The number of ether oxygens (including phenoxy) is 1. The van der Waals surface area contributed by atoms with E-state index in [1.54, 1.807) is 6.07 Å². The van der Waals surface area contributed by atoms with E-state index in [0.717, 1.165) is 11.1 Å². The van der Waals surface area contributed by atoms with Crippen LogP contribution in [0.25, 0.3) is 12.2 Å². The number of carbonyl (C=O) groups excluding carboxylic acids is 1. The van der Waals surface area contributed by atoms with E-state index >= 15 is 0 Å². The van der Waals surface area contributed by atoms with Crippen molar-refractivity contribution in [2.75, 3.05) is 0 Å². The Balaban J connectivity index is 1.71. The summed E-state index contributed by atoms with van der Waals surface area (Å²) in [4.78, 5) is 12.8. The van der Waals surface area contributed by atoms with Crippen LogP contribution in [0.4, 0.5) is 0 Å². The molecule has 1 aliphatic heterocycles. The van der Waals surface area contributed by atoms with Crippen LogP contribution in [0.15, 0.2) is 72.8 Å². The van der Waals surface area contributed by atoms with E-state index in [-0.39, 0.29) is 24.1 Å². The van der Waals surface area contributed by atoms with Gasteiger partial charge < -0.3 is 9.84 Å². The first-order valence-corrected chi connectivity index (χ1v) is 8.55. The van der Waals surface area contributed by atoms with Gasteiger partial charge in [0.25, 0.3) is 0 Å².